The van der Waals surface area contributed by atoms with Crippen LogP contribution in [-0.2, 0) is 14.2 Å². The first-order valence-corrected chi connectivity index (χ1v) is 9.86. The van der Waals surface area contributed by atoms with Crippen molar-refractivity contribution in [2.24, 2.45) is 0 Å². The molecule has 3 aromatic rings. The van der Waals surface area contributed by atoms with E-state index in [0.717, 1.165) is 19.8 Å². The number of carbonyl (C=O) groups excluding carboxylic acids is 4. The highest BCUT2D eigenvalue weighted by Crippen LogP contribution is 2.29. The molecule has 2 aromatic heterocycles. The van der Waals surface area contributed by atoms with Gasteiger partial charge in [0.2, 0.25) is 5.78 Å². The first-order valence-electron chi connectivity index (χ1n) is 9.86. The second-order valence-corrected chi connectivity index (χ2v) is 7.40. The van der Waals surface area contributed by atoms with Crippen molar-refractivity contribution in [3.05, 3.63) is 76.1 Å². The first-order chi connectivity index (χ1) is 15.2. The smallest absolute Gasteiger partial charge is 0.341 e. The van der Waals surface area contributed by atoms with Crippen molar-refractivity contribution in [3.8, 4) is 0 Å². The van der Waals surface area contributed by atoms with E-state index in [1.165, 1.54) is 22.7 Å². The molecule has 0 saturated heterocycles. The Morgan fingerprint density at radius 3 is 1.97 bits per heavy atom. The maximum absolute atomic E-state index is 13.4. The predicted molar refractivity (Wildman–Crippen MR) is 115 cm³/mol. The number of rotatable bonds is 6. The van der Waals surface area contributed by atoms with Gasteiger partial charge in [0.25, 0.3) is 0 Å². The van der Waals surface area contributed by atoms with Crippen molar-refractivity contribution in [2.75, 3.05) is 14.2 Å². The van der Waals surface area contributed by atoms with E-state index in [2.05, 4.69) is 0 Å². The number of ether oxygens (including phenoxy) is 3. The lowest BCUT2D eigenvalue weighted by molar-refractivity contribution is 0.0377. The van der Waals surface area contributed by atoms with E-state index in [1.54, 1.807) is 38.1 Å². The van der Waals surface area contributed by atoms with Crippen molar-refractivity contribution >= 4 is 29.2 Å². The van der Waals surface area contributed by atoms with Gasteiger partial charge < -0.3 is 18.6 Å². The molecule has 8 heteroatoms. The Hall–Kier alpha value is -3.94. The van der Waals surface area contributed by atoms with Crippen LogP contribution in [0.4, 0.5) is 0 Å². The van der Waals surface area contributed by atoms with Crippen LogP contribution in [0.2, 0.25) is 0 Å². The molecule has 0 atom stereocenters. The van der Waals surface area contributed by atoms with Gasteiger partial charge in [-0.1, -0.05) is 29.8 Å². The molecule has 0 spiro atoms. The minimum atomic E-state index is -0.879. The standard InChI is InChI=1S/C24H23NO7/c1-13(2)32-22(27)16-10-11-25-17(12-16)18(23(28)30-4)19(24(29)31-5)20(25)21(26)15-8-6-14(3)7-9-15/h6-13H,1-5H3. The first kappa shape index (κ1) is 22.7. The van der Waals surface area contributed by atoms with E-state index in [0.29, 0.717) is 5.56 Å². The lowest BCUT2D eigenvalue weighted by Gasteiger charge is -2.09. The van der Waals surface area contributed by atoms with Crippen LogP contribution in [0.5, 0.6) is 0 Å². The third-order valence-corrected chi connectivity index (χ3v) is 4.83. The van der Waals surface area contributed by atoms with Crippen LogP contribution in [0.1, 0.15) is 66.5 Å². The van der Waals surface area contributed by atoms with Gasteiger partial charge in [0.1, 0.15) is 16.8 Å². The third-order valence-electron chi connectivity index (χ3n) is 4.83. The Balaban J connectivity index is 2.35. The van der Waals surface area contributed by atoms with E-state index in [9.17, 15) is 19.2 Å². The van der Waals surface area contributed by atoms with E-state index in [-0.39, 0.29) is 34.0 Å². The third kappa shape index (κ3) is 4.12. The van der Waals surface area contributed by atoms with Crippen molar-refractivity contribution in [2.45, 2.75) is 26.9 Å². The highest BCUT2D eigenvalue weighted by molar-refractivity contribution is 6.20. The number of aromatic nitrogens is 1. The lowest BCUT2D eigenvalue weighted by atomic mass is 10.0. The summed E-state index contributed by atoms with van der Waals surface area (Å²) in [7, 11) is 2.31. The SMILES string of the molecule is COC(=O)c1c(C(=O)OC)c2cc(C(=O)OC(C)C)ccn2c1C(=O)c1ccc(C)cc1. The Labute approximate surface area is 184 Å². The fourth-order valence-electron chi connectivity index (χ4n) is 3.34. The summed E-state index contributed by atoms with van der Waals surface area (Å²) in [5, 5.41) is 0. The molecule has 1 aromatic carbocycles. The molecule has 0 radical (unpaired) electrons. The molecule has 0 aliphatic carbocycles. The summed E-state index contributed by atoms with van der Waals surface area (Å²) in [6, 6.07) is 9.62. The number of pyridine rings is 1. The summed E-state index contributed by atoms with van der Waals surface area (Å²) in [4.78, 5) is 51.2. The van der Waals surface area contributed by atoms with Gasteiger partial charge in [0.15, 0.2) is 0 Å². The zero-order valence-corrected chi connectivity index (χ0v) is 18.4. The van der Waals surface area contributed by atoms with Crippen LogP contribution >= 0.6 is 0 Å². The van der Waals surface area contributed by atoms with Gasteiger partial charge in [-0.2, -0.15) is 0 Å². The highest BCUT2D eigenvalue weighted by atomic mass is 16.5. The second-order valence-electron chi connectivity index (χ2n) is 7.40. The molecule has 166 valence electrons. The fourth-order valence-corrected chi connectivity index (χ4v) is 3.34. The number of hydrogen-bond acceptors (Lipinski definition) is 7. The summed E-state index contributed by atoms with van der Waals surface area (Å²) in [5.74, 6) is -2.82. The van der Waals surface area contributed by atoms with Crippen molar-refractivity contribution in [3.63, 3.8) is 0 Å². The molecular weight excluding hydrogens is 414 g/mol. The van der Waals surface area contributed by atoms with Gasteiger partial charge >= 0.3 is 17.9 Å². The van der Waals surface area contributed by atoms with Gasteiger partial charge in [0.05, 0.1) is 31.4 Å². The molecule has 2 heterocycles. The van der Waals surface area contributed by atoms with Crippen LogP contribution < -0.4 is 0 Å². The topological polar surface area (TPSA) is 100 Å². The van der Waals surface area contributed by atoms with Crippen LogP contribution in [0.3, 0.4) is 0 Å². The Bertz CT molecular complexity index is 1220. The summed E-state index contributed by atoms with van der Waals surface area (Å²) in [5.41, 5.74) is 1.09. The van der Waals surface area contributed by atoms with Crippen LogP contribution in [0.15, 0.2) is 42.6 Å². The quantitative estimate of drug-likeness (QED) is 0.330. The van der Waals surface area contributed by atoms with Crippen molar-refractivity contribution in [1.82, 2.24) is 4.40 Å². The Kier molecular flexibility index (Phi) is 6.43. The number of esters is 3. The van der Waals surface area contributed by atoms with Crippen LogP contribution in [0, 0.1) is 6.92 Å². The van der Waals surface area contributed by atoms with E-state index in [4.69, 9.17) is 14.2 Å². The van der Waals surface area contributed by atoms with Gasteiger partial charge in [-0.3, -0.25) is 4.79 Å². The number of carbonyl (C=O) groups is 4. The molecule has 0 aliphatic heterocycles. The number of hydrogen-bond donors (Lipinski definition) is 0. The van der Waals surface area contributed by atoms with Gasteiger partial charge in [-0.15, -0.1) is 0 Å². The van der Waals surface area contributed by atoms with Gasteiger partial charge in [0, 0.05) is 11.8 Å². The molecular formula is C24H23NO7. The number of aryl methyl sites for hydroxylation is 1. The van der Waals surface area contributed by atoms with E-state index < -0.39 is 23.7 Å². The van der Waals surface area contributed by atoms with Gasteiger partial charge in [-0.25, -0.2) is 14.4 Å². The predicted octanol–water partition coefficient (Wildman–Crippen LogP) is 3.62. The number of fused-ring (bicyclic) bond motifs is 1. The molecule has 0 N–H and O–H groups in total. The molecule has 0 saturated carbocycles. The van der Waals surface area contributed by atoms with Crippen LogP contribution in [0.25, 0.3) is 5.52 Å². The second kappa shape index (κ2) is 9.05. The number of ketones is 1. The average Bonchev–Trinajstić information content (AvgIpc) is 3.11. The maximum atomic E-state index is 13.4. The van der Waals surface area contributed by atoms with Crippen molar-refractivity contribution < 1.29 is 33.4 Å². The molecule has 3 rings (SSSR count). The molecule has 32 heavy (non-hydrogen) atoms. The summed E-state index contributed by atoms with van der Waals surface area (Å²) < 4.78 is 16.3. The fraction of sp³-hybridized carbons (Fsp3) is 0.250. The lowest BCUT2D eigenvalue weighted by Crippen LogP contribution is -2.15. The molecule has 0 bridgehead atoms. The minimum absolute atomic E-state index is 0.0696. The monoisotopic (exact) mass is 437 g/mol. The minimum Gasteiger partial charge on any atom is -0.465 e. The average molecular weight is 437 g/mol. The normalized spacial score (nSPS) is 10.8. The highest BCUT2D eigenvalue weighted by Gasteiger charge is 2.33. The molecule has 0 amide bonds. The summed E-state index contributed by atoms with van der Waals surface area (Å²) in [6.07, 6.45) is 1.09. The Morgan fingerprint density at radius 1 is 0.812 bits per heavy atom. The maximum Gasteiger partial charge on any atom is 0.341 e. The van der Waals surface area contributed by atoms with Gasteiger partial charge in [-0.05, 0) is 32.9 Å². The van der Waals surface area contributed by atoms with E-state index >= 15 is 0 Å². The van der Waals surface area contributed by atoms with Crippen LogP contribution in [-0.4, -0.2) is 48.4 Å². The number of benzene rings is 1. The zero-order chi connectivity index (χ0) is 23.6. The Morgan fingerprint density at radius 2 is 1.41 bits per heavy atom. The largest absolute Gasteiger partial charge is 0.465 e. The summed E-state index contributed by atoms with van der Waals surface area (Å²) in [6.45, 7) is 5.30. The van der Waals surface area contributed by atoms with E-state index in [1.807, 2.05) is 6.92 Å². The molecule has 0 aliphatic rings. The molecule has 0 unspecified atom stereocenters. The summed E-state index contributed by atoms with van der Waals surface area (Å²) >= 11 is 0. The number of nitrogens with zero attached hydrogens (tertiary/aromatic N) is 1. The zero-order valence-electron chi connectivity index (χ0n) is 18.4. The number of methoxy groups -OCH3 is 2. The van der Waals surface area contributed by atoms with Crippen molar-refractivity contribution in [1.29, 1.82) is 0 Å². The molecule has 0 fully saturated rings. The molecule has 8 nitrogen and oxygen atoms in total.